The predicted molar refractivity (Wildman–Crippen MR) is 63.9 cm³/mol. The Bertz CT molecular complexity index is 364. The number of hydrogen-bond acceptors (Lipinski definition) is 1. The average Bonchev–Trinajstić information content (AvgIpc) is 2.66. The lowest BCUT2D eigenvalue weighted by molar-refractivity contribution is -0.147. The first-order chi connectivity index (χ1) is 7.43. The maximum absolute atomic E-state index is 10.2. The topological polar surface area (TPSA) is 20.2 Å². The molecule has 0 unspecified atom stereocenters. The molecule has 0 aromatic carbocycles. The summed E-state index contributed by atoms with van der Waals surface area (Å²) >= 11 is 0. The van der Waals surface area contributed by atoms with E-state index in [0.717, 1.165) is 23.7 Å². The van der Waals surface area contributed by atoms with Crippen molar-refractivity contribution >= 4 is 0 Å². The van der Waals surface area contributed by atoms with Crippen molar-refractivity contribution in [3.63, 3.8) is 0 Å². The van der Waals surface area contributed by atoms with Gasteiger partial charge >= 0.3 is 0 Å². The van der Waals surface area contributed by atoms with E-state index in [0.29, 0.717) is 16.7 Å². The highest BCUT2D eigenvalue weighted by molar-refractivity contribution is 5.27. The van der Waals surface area contributed by atoms with E-state index in [9.17, 15) is 5.11 Å². The van der Waals surface area contributed by atoms with Crippen LogP contribution in [0.3, 0.4) is 0 Å². The number of aliphatic hydroxyl groups is 1. The molecule has 0 aromatic heterocycles. The van der Waals surface area contributed by atoms with E-state index >= 15 is 0 Å². The molecular formula is C15H24O. The van der Waals surface area contributed by atoms with Crippen molar-refractivity contribution in [3.05, 3.63) is 0 Å². The predicted octanol–water partition coefficient (Wildman–Crippen LogP) is 3.22. The summed E-state index contributed by atoms with van der Waals surface area (Å²) in [6.07, 6.45) is 6.70. The summed E-state index contributed by atoms with van der Waals surface area (Å²) in [5.41, 5.74) is 1.78. The molecule has 0 aliphatic heterocycles. The highest BCUT2D eigenvalue weighted by atomic mass is 16.3. The lowest BCUT2D eigenvalue weighted by atomic mass is 9.44. The molecule has 0 heterocycles. The van der Waals surface area contributed by atoms with E-state index in [1.807, 2.05) is 0 Å². The highest BCUT2D eigenvalue weighted by Gasteiger charge is 2.79. The molecular weight excluding hydrogens is 196 g/mol. The number of aliphatic hydroxyl groups excluding tert-OH is 1. The lowest BCUT2D eigenvalue weighted by Gasteiger charge is -2.61. The first-order valence-corrected chi connectivity index (χ1v) is 7.11. The van der Waals surface area contributed by atoms with E-state index in [-0.39, 0.29) is 6.10 Å². The summed E-state index contributed by atoms with van der Waals surface area (Å²) in [5, 5.41) is 10.2. The van der Waals surface area contributed by atoms with Gasteiger partial charge in [0.25, 0.3) is 0 Å². The van der Waals surface area contributed by atoms with E-state index in [1.165, 1.54) is 25.7 Å². The molecule has 16 heavy (non-hydrogen) atoms. The number of hydrogen-bond donors (Lipinski definition) is 1. The van der Waals surface area contributed by atoms with Gasteiger partial charge in [-0.2, -0.15) is 0 Å². The van der Waals surface area contributed by atoms with Crippen LogP contribution in [0.25, 0.3) is 0 Å². The van der Waals surface area contributed by atoms with Gasteiger partial charge in [0.05, 0.1) is 6.10 Å². The monoisotopic (exact) mass is 220 g/mol. The second-order valence-electron chi connectivity index (χ2n) is 7.90. The van der Waals surface area contributed by atoms with E-state index < -0.39 is 0 Å². The Kier molecular flexibility index (Phi) is 1.48. The third kappa shape index (κ3) is 0.776. The fourth-order valence-electron chi connectivity index (χ4n) is 6.35. The molecule has 1 spiro atoms. The van der Waals surface area contributed by atoms with Crippen molar-refractivity contribution in [2.24, 2.45) is 34.0 Å². The van der Waals surface area contributed by atoms with Crippen molar-refractivity contribution < 1.29 is 5.11 Å². The zero-order chi connectivity index (χ0) is 11.3. The molecule has 4 bridgehead atoms. The van der Waals surface area contributed by atoms with Crippen LogP contribution in [0.15, 0.2) is 0 Å². The van der Waals surface area contributed by atoms with Crippen LogP contribution in [0.4, 0.5) is 0 Å². The maximum atomic E-state index is 10.2. The van der Waals surface area contributed by atoms with Gasteiger partial charge in [-0.1, -0.05) is 20.8 Å². The SMILES string of the molecule is C[C@@H]1[C@@H](O)CC[C@]23C[C@@H]4[C@H](C[C@@]12C)[C@]4(C)C3. The molecule has 1 N–H and O–H groups in total. The minimum Gasteiger partial charge on any atom is -0.393 e. The molecule has 1 heteroatoms. The Morgan fingerprint density at radius 2 is 1.81 bits per heavy atom. The Hall–Kier alpha value is -0.0400. The van der Waals surface area contributed by atoms with Crippen molar-refractivity contribution in [3.8, 4) is 0 Å². The molecule has 5 rings (SSSR count). The second kappa shape index (κ2) is 2.39. The van der Waals surface area contributed by atoms with E-state index in [1.54, 1.807) is 0 Å². The van der Waals surface area contributed by atoms with Crippen LogP contribution in [-0.2, 0) is 0 Å². The summed E-state index contributed by atoms with van der Waals surface area (Å²) in [6, 6.07) is 0. The van der Waals surface area contributed by atoms with Crippen molar-refractivity contribution in [2.45, 2.75) is 59.0 Å². The summed E-state index contributed by atoms with van der Waals surface area (Å²) in [5.74, 6) is 2.59. The summed E-state index contributed by atoms with van der Waals surface area (Å²) in [7, 11) is 0. The summed E-state index contributed by atoms with van der Waals surface area (Å²) in [6.45, 7) is 7.34. The average molecular weight is 220 g/mol. The van der Waals surface area contributed by atoms with Crippen LogP contribution in [0.5, 0.6) is 0 Å². The van der Waals surface area contributed by atoms with Gasteiger partial charge in [0.1, 0.15) is 0 Å². The largest absolute Gasteiger partial charge is 0.393 e. The Labute approximate surface area is 98.6 Å². The van der Waals surface area contributed by atoms with Gasteiger partial charge in [-0.15, -0.1) is 0 Å². The minimum atomic E-state index is -0.0298. The van der Waals surface area contributed by atoms with Gasteiger partial charge < -0.3 is 5.11 Å². The first kappa shape index (κ1) is 9.94. The van der Waals surface area contributed by atoms with Gasteiger partial charge in [-0.3, -0.25) is 0 Å². The molecule has 0 amide bonds. The molecule has 0 aromatic rings. The normalized spacial score (nSPS) is 71.2. The van der Waals surface area contributed by atoms with E-state index in [4.69, 9.17) is 0 Å². The smallest absolute Gasteiger partial charge is 0.0571 e. The van der Waals surface area contributed by atoms with Crippen LogP contribution in [0, 0.1) is 34.0 Å². The van der Waals surface area contributed by atoms with Crippen LogP contribution in [-0.4, -0.2) is 11.2 Å². The molecule has 7 atom stereocenters. The third-order valence-electron chi connectivity index (χ3n) is 7.76. The number of rotatable bonds is 0. The van der Waals surface area contributed by atoms with Crippen LogP contribution >= 0.6 is 0 Å². The standard InChI is InChI=1S/C15H24O/c1-9-12(16)4-5-15-7-11-10(6-14(9,15)3)13(11,2)8-15/h9-12,16H,4-8H2,1-3H3/t9-,10+,11-,12+,13+,14+,15-/m1/s1. The molecule has 5 saturated carbocycles. The van der Waals surface area contributed by atoms with Crippen LogP contribution < -0.4 is 0 Å². The summed E-state index contributed by atoms with van der Waals surface area (Å²) < 4.78 is 0. The Balaban J connectivity index is 1.79. The van der Waals surface area contributed by atoms with Gasteiger partial charge in [0, 0.05) is 0 Å². The van der Waals surface area contributed by atoms with E-state index in [2.05, 4.69) is 20.8 Å². The van der Waals surface area contributed by atoms with Gasteiger partial charge in [0.15, 0.2) is 0 Å². The first-order valence-electron chi connectivity index (χ1n) is 7.11. The third-order valence-corrected chi connectivity index (χ3v) is 7.76. The quantitative estimate of drug-likeness (QED) is 0.664. The molecule has 1 nitrogen and oxygen atoms in total. The Morgan fingerprint density at radius 3 is 2.44 bits per heavy atom. The van der Waals surface area contributed by atoms with Crippen molar-refractivity contribution in [1.29, 1.82) is 0 Å². The minimum absolute atomic E-state index is 0.0298. The Morgan fingerprint density at radius 1 is 1.12 bits per heavy atom. The molecule has 0 radical (unpaired) electrons. The van der Waals surface area contributed by atoms with Gasteiger partial charge in [-0.25, -0.2) is 0 Å². The van der Waals surface area contributed by atoms with Crippen molar-refractivity contribution in [1.82, 2.24) is 0 Å². The van der Waals surface area contributed by atoms with Crippen LogP contribution in [0.1, 0.15) is 52.9 Å². The lowest BCUT2D eigenvalue weighted by Crippen LogP contribution is -2.55. The summed E-state index contributed by atoms with van der Waals surface area (Å²) in [4.78, 5) is 0. The molecule has 5 aliphatic carbocycles. The second-order valence-corrected chi connectivity index (χ2v) is 7.90. The molecule has 5 fully saturated rings. The zero-order valence-corrected chi connectivity index (χ0v) is 10.8. The zero-order valence-electron chi connectivity index (χ0n) is 10.8. The molecule has 90 valence electrons. The highest BCUT2D eigenvalue weighted by Crippen LogP contribution is 2.86. The molecule has 5 aliphatic rings. The van der Waals surface area contributed by atoms with Crippen molar-refractivity contribution in [2.75, 3.05) is 0 Å². The molecule has 0 saturated heterocycles. The van der Waals surface area contributed by atoms with Gasteiger partial charge in [-0.05, 0) is 66.1 Å². The fourth-order valence-corrected chi connectivity index (χ4v) is 6.35. The maximum Gasteiger partial charge on any atom is 0.0571 e. The fraction of sp³-hybridized carbons (Fsp3) is 1.00. The van der Waals surface area contributed by atoms with Gasteiger partial charge in [0.2, 0.25) is 0 Å². The van der Waals surface area contributed by atoms with Crippen LogP contribution in [0.2, 0.25) is 0 Å².